The Morgan fingerprint density at radius 2 is 2.31 bits per heavy atom. The third-order valence-electron chi connectivity index (χ3n) is 2.79. The van der Waals surface area contributed by atoms with Crippen molar-refractivity contribution >= 4 is 0 Å². The quantitative estimate of drug-likeness (QED) is 0.656. The number of hydrogen-bond donors (Lipinski definition) is 0. The van der Waals surface area contributed by atoms with Crippen LogP contribution in [-0.2, 0) is 12.8 Å². The molecule has 0 aromatic carbocycles. The van der Waals surface area contributed by atoms with Gasteiger partial charge in [-0.15, -0.1) is 0 Å². The first-order valence-electron chi connectivity index (χ1n) is 4.81. The second-order valence-corrected chi connectivity index (χ2v) is 3.83. The normalized spacial score (nSPS) is 20.9. The minimum absolute atomic E-state index is 0.781. The van der Waals surface area contributed by atoms with Crippen molar-refractivity contribution < 1.29 is 4.74 Å². The summed E-state index contributed by atoms with van der Waals surface area (Å²) in [5, 5.41) is 0. The summed E-state index contributed by atoms with van der Waals surface area (Å²) in [5.74, 6) is 1.74. The molecule has 1 aromatic rings. The van der Waals surface area contributed by atoms with Gasteiger partial charge in [0.1, 0.15) is 5.75 Å². The molecular weight excluding hydrogens is 162 g/mol. The van der Waals surface area contributed by atoms with E-state index in [2.05, 4.69) is 11.9 Å². The topological polar surface area (TPSA) is 22.1 Å². The van der Waals surface area contributed by atoms with Crippen molar-refractivity contribution in [1.29, 1.82) is 0 Å². The zero-order valence-electron chi connectivity index (χ0n) is 8.21. The van der Waals surface area contributed by atoms with Gasteiger partial charge < -0.3 is 4.74 Å². The molecule has 13 heavy (non-hydrogen) atoms. The van der Waals surface area contributed by atoms with Gasteiger partial charge in [0.15, 0.2) is 0 Å². The third kappa shape index (κ3) is 1.53. The molecule has 0 saturated carbocycles. The second kappa shape index (κ2) is 3.36. The highest BCUT2D eigenvalue weighted by molar-refractivity contribution is 5.38. The van der Waals surface area contributed by atoms with Crippen LogP contribution in [0.15, 0.2) is 12.4 Å². The first kappa shape index (κ1) is 8.54. The molecule has 1 aliphatic carbocycles. The van der Waals surface area contributed by atoms with Gasteiger partial charge in [-0.1, -0.05) is 6.92 Å². The van der Waals surface area contributed by atoms with Gasteiger partial charge in [0.2, 0.25) is 0 Å². The Labute approximate surface area is 78.9 Å². The average molecular weight is 177 g/mol. The maximum absolute atomic E-state index is 5.30. The van der Waals surface area contributed by atoms with Crippen LogP contribution in [0, 0.1) is 5.92 Å². The van der Waals surface area contributed by atoms with Crippen LogP contribution in [0.4, 0.5) is 0 Å². The molecule has 1 heterocycles. The first-order chi connectivity index (χ1) is 6.31. The lowest BCUT2D eigenvalue weighted by molar-refractivity contribution is 0.394. The minimum atomic E-state index is 0.781. The van der Waals surface area contributed by atoms with Crippen molar-refractivity contribution in [3.63, 3.8) is 0 Å². The minimum Gasteiger partial charge on any atom is -0.495 e. The Hall–Kier alpha value is -1.05. The summed E-state index contributed by atoms with van der Waals surface area (Å²) in [7, 11) is 1.72. The largest absolute Gasteiger partial charge is 0.495 e. The van der Waals surface area contributed by atoms with Crippen molar-refractivity contribution in [2.75, 3.05) is 7.11 Å². The maximum atomic E-state index is 5.30. The predicted octanol–water partition coefficient (Wildman–Crippen LogP) is 2.21. The summed E-state index contributed by atoms with van der Waals surface area (Å²) in [6, 6.07) is 0. The third-order valence-corrected chi connectivity index (χ3v) is 2.79. The fourth-order valence-electron chi connectivity index (χ4n) is 1.98. The number of rotatable bonds is 1. The van der Waals surface area contributed by atoms with Crippen molar-refractivity contribution in [2.24, 2.45) is 5.92 Å². The summed E-state index contributed by atoms with van der Waals surface area (Å²) in [4.78, 5) is 4.17. The number of aromatic nitrogens is 1. The van der Waals surface area contributed by atoms with Crippen molar-refractivity contribution in [1.82, 2.24) is 4.98 Å². The fourth-order valence-corrected chi connectivity index (χ4v) is 1.98. The fraction of sp³-hybridized carbons (Fsp3) is 0.545. The lowest BCUT2D eigenvalue weighted by Gasteiger charge is -2.22. The lowest BCUT2D eigenvalue weighted by atomic mass is 9.86. The highest BCUT2D eigenvalue weighted by atomic mass is 16.5. The molecule has 0 spiro atoms. The van der Waals surface area contributed by atoms with E-state index in [4.69, 9.17) is 4.74 Å². The zero-order chi connectivity index (χ0) is 9.26. The van der Waals surface area contributed by atoms with Gasteiger partial charge >= 0.3 is 0 Å². The molecule has 1 atom stereocenters. The molecule has 1 aromatic heterocycles. The maximum Gasteiger partial charge on any atom is 0.140 e. The molecule has 2 heteroatoms. The van der Waals surface area contributed by atoms with Crippen molar-refractivity contribution in [3.05, 3.63) is 23.5 Å². The van der Waals surface area contributed by atoms with Gasteiger partial charge in [0.05, 0.1) is 13.3 Å². The van der Waals surface area contributed by atoms with Crippen LogP contribution in [0.25, 0.3) is 0 Å². The van der Waals surface area contributed by atoms with Gasteiger partial charge in [0.25, 0.3) is 0 Å². The number of methoxy groups -OCH3 is 1. The van der Waals surface area contributed by atoms with Crippen LogP contribution in [0.2, 0.25) is 0 Å². The summed E-state index contributed by atoms with van der Waals surface area (Å²) in [5.41, 5.74) is 2.74. The van der Waals surface area contributed by atoms with Gasteiger partial charge in [-0.25, -0.2) is 0 Å². The lowest BCUT2D eigenvalue weighted by Crippen LogP contribution is -2.12. The smallest absolute Gasteiger partial charge is 0.140 e. The first-order valence-corrected chi connectivity index (χ1v) is 4.81. The highest BCUT2D eigenvalue weighted by Gasteiger charge is 2.18. The van der Waals surface area contributed by atoms with E-state index in [1.54, 1.807) is 7.11 Å². The molecule has 0 radical (unpaired) electrons. The molecule has 0 saturated heterocycles. The van der Waals surface area contributed by atoms with Crippen LogP contribution < -0.4 is 4.74 Å². The van der Waals surface area contributed by atoms with Crippen LogP contribution in [0.5, 0.6) is 5.75 Å². The highest BCUT2D eigenvalue weighted by Crippen LogP contribution is 2.30. The van der Waals surface area contributed by atoms with E-state index in [9.17, 15) is 0 Å². The Morgan fingerprint density at radius 3 is 3.08 bits per heavy atom. The van der Waals surface area contributed by atoms with Crippen LogP contribution >= 0.6 is 0 Å². The molecule has 2 rings (SSSR count). The predicted molar refractivity (Wildman–Crippen MR) is 52.0 cm³/mol. The number of hydrogen-bond acceptors (Lipinski definition) is 2. The van der Waals surface area contributed by atoms with Gasteiger partial charge in [-0.05, 0) is 30.7 Å². The van der Waals surface area contributed by atoms with Gasteiger partial charge in [-0.2, -0.15) is 0 Å². The Bertz CT molecular complexity index is 295. The summed E-state index contributed by atoms with van der Waals surface area (Å²) in [6.07, 6.45) is 7.37. The molecule has 1 unspecified atom stereocenters. The number of fused-ring (bicyclic) bond motifs is 1. The Morgan fingerprint density at radius 1 is 1.46 bits per heavy atom. The monoisotopic (exact) mass is 177 g/mol. The Kier molecular flexibility index (Phi) is 2.21. The number of pyridine rings is 1. The SMILES string of the molecule is COc1cncc2c1CC(C)CC2. The van der Waals surface area contributed by atoms with E-state index in [1.165, 1.54) is 17.5 Å². The molecule has 0 bridgehead atoms. The molecular formula is C11H15NO. The molecule has 0 amide bonds. The Balaban J connectivity index is 2.41. The van der Waals surface area contributed by atoms with E-state index < -0.39 is 0 Å². The van der Waals surface area contributed by atoms with Crippen LogP contribution in [-0.4, -0.2) is 12.1 Å². The van der Waals surface area contributed by atoms with Gasteiger partial charge in [0, 0.05) is 11.8 Å². The second-order valence-electron chi connectivity index (χ2n) is 3.83. The van der Waals surface area contributed by atoms with Crippen molar-refractivity contribution in [3.8, 4) is 5.75 Å². The summed E-state index contributed by atoms with van der Waals surface area (Å²) >= 11 is 0. The average Bonchev–Trinajstić information content (AvgIpc) is 2.17. The van der Waals surface area contributed by atoms with Gasteiger partial charge in [-0.3, -0.25) is 4.98 Å². The molecule has 2 nitrogen and oxygen atoms in total. The van der Waals surface area contributed by atoms with E-state index in [1.807, 2.05) is 12.4 Å². The van der Waals surface area contributed by atoms with E-state index in [0.717, 1.165) is 24.5 Å². The molecule has 1 aliphatic rings. The zero-order valence-corrected chi connectivity index (χ0v) is 8.21. The van der Waals surface area contributed by atoms with Crippen molar-refractivity contribution in [2.45, 2.75) is 26.2 Å². The van der Waals surface area contributed by atoms with E-state index >= 15 is 0 Å². The number of aryl methyl sites for hydroxylation is 1. The molecule has 0 aliphatic heterocycles. The standard InChI is InChI=1S/C11H15NO/c1-8-3-4-9-6-12-7-11(13-2)10(9)5-8/h6-8H,3-5H2,1-2H3. The molecule has 0 N–H and O–H groups in total. The summed E-state index contributed by atoms with van der Waals surface area (Å²) in [6.45, 7) is 2.29. The number of nitrogens with zero attached hydrogens (tertiary/aromatic N) is 1. The summed E-state index contributed by atoms with van der Waals surface area (Å²) < 4.78 is 5.30. The van der Waals surface area contributed by atoms with E-state index in [0.29, 0.717) is 0 Å². The molecule has 0 fully saturated rings. The van der Waals surface area contributed by atoms with Crippen LogP contribution in [0.3, 0.4) is 0 Å². The van der Waals surface area contributed by atoms with Crippen LogP contribution in [0.1, 0.15) is 24.5 Å². The van der Waals surface area contributed by atoms with E-state index in [-0.39, 0.29) is 0 Å². The molecule has 70 valence electrons. The number of ether oxygens (including phenoxy) is 1.